The largest absolute Gasteiger partial charge is 0.500 e. The fraction of sp³-hybridized carbons (Fsp3) is 0.0278. The van der Waals surface area contributed by atoms with Gasteiger partial charge in [0.05, 0.1) is 16.9 Å². The van der Waals surface area contributed by atoms with Crippen LogP contribution in [0, 0.1) is 24.9 Å². The maximum Gasteiger partial charge on any atom is 0.168 e. The Bertz CT molecular complexity index is 2120. The zero-order valence-corrected chi connectivity index (χ0v) is 25.4. The van der Waals surface area contributed by atoms with Gasteiger partial charge in [0.1, 0.15) is 5.58 Å². The number of pyridine rings is 2. The van der Waals surface area contributed by atoms with Crippen molar-refractivity contribution < 1.29 is 28.9 Å². The number of aromatic nitrogens is 4. The predicted octanol–water partition coefficient (Wildman–Crippen LogP) is 8.78. The number of hydrogen-bond acceptors (Lipinski definition) is 4. The van der Waals surface area contributed by atoms with Crippen molar-refractivity contribution in [3.05, 3.63) is 145 Å². The van der Waals surface area contributed by atoms with E-state index in [1.165, 1.54) is 6.07 Å². The van der Waals surface area contributed by atoms with Crippen LogP contribution in [-0.4, -0.2) is 19.5 Å². The van der Waals surface area contributed by atoms with Crippen LogP contribution in [0.3, 0.4) is 0 Å². The minimum atomic E-state index is -0.366. The molecule has 0 spiro atoms. The minimum Gasteiger partial charge on any atom is -0.500 e. The second-order valence-corrected chi connectivity index (χ2v) is 9.71. The van der Waals surface area contributed by atoms with Crippen molar-refractivity contribution in [3.8, 4) is 28.3 Å². The van der Waals surface area contributed by atoms with Crippen LogP contribution in [0.2, 0.25) is 0 Å². The Kier molecular flexibility index (Phi) is 7.92. The normalized spacial score (nSPS) is 10.8. The van der Waals surface area contributed by atoms with Crippen molar-refractivity contribution in [2.45, 2.75) is 6.92 Å². The minimum absolute atomic E-state index is 0. The zero-order chi connectivity index (χ0) is 28.5. The molecule has 0 saturated carbocycles. The van der Waals surface area contributed by atoms with Gasteiger partial charge in [0, 0.05) is 48.9 Å². The molecule has 0 aliphatic heterocycles. The Hall–Kier alpha value is -4.97. The Morgan fingerprint density at radius 1 is 0.791 bits per heavy atom. The van der Waals surface area contributed by atoms with Gasteiger partial charge in [-0.3, -0.25) is 9.37 Å². The summed E-state index contributed by atoms with van der Waals surface area (Å²) in [5.41, 5.74) is 6.97. The number of benzene rings is 4. The monoisotopic (exact) mass is 739 g/mol. The molecule has 4 aromatic carbocycles. The summed E-state index contributed by atoms with van der Waals surface area (Å²) in [5.74, 6) is 0.244. The van der Waals surface area contributed by atoms with E-state index in [1.54, 1.807) is 6.20 Å². The molecule has 8 aromatic rings. The molecular weight excluding hydrogens is 716 g/mol. The van der Waals surface area contributed by atoms with E-state index in [2.05, 4.69) is 22.1 Å². The van der Waals surface area contributed by atoms with E-state index < -0.39 is 0 Å². The summed E-state index contributed by atoms with van der Waals surface area (Å²) in [6, 6.07) is 42.5. The van der Waals surface area contributed by atoms with Gasteiger partial charge in [-0.25, -0.2) is 4.98 Å². The standard InChI is InChI=1S/C25H15FN3O.C11H8N.Ir/c1-15-11-14-20-24(27-15)28-25(29(20)16-7-3-2-4-8-16)18-12-13-19(26)22-17-9-5-6-10-21(17)30-23(18)22;1-2-6-10(7-3-1)11-8-4-5-9-12-11;/h2-11,13-14H,1H3;1-6,8-9H;/q2*-1;. The van der Waals surface area contributed by atoms with Gasteiger partial charge in [-0.15, -0.1) is 48.0 Å². The zero-order valence-electron chi connectivity index (χ0n) is 23.0. The van der Waals surface area contributed by atoms with Crippen LogP contribution in [-0.2, 0) is 20.1 Å². The Morgan fingerprint density at radius 2 is 1.58 bits per heavy atom. The van der Waals surface area contributed by atoms with E-state index in [-0.39, 0.29) is 25.9 Å². The molecule has 5 nitrogen and oxygen atoms in total. The summed E-state index contributed by atoms with van der Waals surface area (Å²) >= 11 is 0. The van der Waals surface area contributed by atoms with Crippen LogP contribution in [0.1, 0.15) is 5.69 Å². The van der Waals surface area contributed by atoms with E-state index in [0.29, 0.717) is 33.6 Å². The molecule has 0 unspecified atom stereocenters. The van der Waals surface area contributed by atoms with E-state index in [0.717, 1.165) is 33.5 Å². The van der Waals surface area contributed by atoms with Gasteiger partial charge in [-0.2, -0.15) is 0 Å². The van der Waals surface area contributed by atoms with Gasteiger partial charge in [-0.05, 0) is 54.4 Å². The van der Waals surface area contributed by atoms with Crippen molar-refractivity contribution in [1.82, 2.24) is 19.5 Å². The number of aryl methyl sites for hydroxylation is 1. The molecule has 0 aliphatic rings. The topological polar surface area (TPSA) is 56.7 Å². The number of hydrogen-bond donors (Lipinski definition) is 0. The SMILES string of the molecule is Cc1ccc2c(n1)nc(-c1[c-]cc(F)c3c1oc1ccccc13)n2-c1ccccc1.[Ir].[c-]1ccccc1-c1ccccn1. The molecule has 0 saturated heterocycles. The van der Waals surface area contributed by atoms with Gasteiger partial charge < -0.3 is 14.0 Å². The number of rotatable bonds is 3. The van der Waals surface area contributed by atoms with E-state index in [9.17, 15) is 4.39 Å². The van der Waals surface area contributed by atoms with Crippen molar-refractivity contribution in [2.75, 3.05) is 0 Å². The average Bonchev–Trinajstić information content (AvgIpc) is 3.62. The van der Waals surface area contributed by atoms with E-state index in [1.807, 2.05) is 121 Å². The van der Waals surface area contributed by atoms with E-state index in [4.69, 9.17) is 9.40 Å². The van der Waals surface area contributed by atoms with Crippen LogP contribution in [0.4, 0.5) is 4.39 Å². The molecule has 1 radical (unpaired) electrons. The van der Waals surface area contributed by atoms with Gasteiger partial charge in [0.15, 0.2) is 5.65 Å². The van der Waals surface area contributed by atoms with Crippen LogP contribution in [0.15, 0.2) is 126 Å². The van der Waals surface area contributed by atoms with Crippen LogP contribution < -0.4 is 0 Å². The molecule has 43 heavy (non-hydrogen) atoms. The first-order chi connectivity index (χ1) is 20.7. The number of imidazole rings is 1. The third kappa shape index (κ3) is 5.36. The summed E-state index contributed by atoms with van der Waals surface area (Å²) < 4.78 is 22.9. The van der Waals surface area contributed by atoms with Crippen LogP contribution >= 0.6 is 0 Å². The third-order valence-electron chi connectivity index (χ3n) is 6.95. The Labute approximate surface area is 261 Å². The summed E-state index contributed by atoms with van der Waals surface area (Å²) in [7, 11) is 0. The molecule has 8 rings (SSSR count). The second-order valence-electron chi connectivity index (χ2n) is 9.71. The van der Waals surface area contributed by atoms with Crippen molar-refractivity contribution in [1.29, 1.82) is 0 Å². The van der Waals surface area contributed by atoms with Crippen molar-refractivity contribution >= 4 is 33.1 Å². The van der Waals surface area contributed by atoms with Gasteiger partial charge in [-0.1, -0.05) is 54.1 Å². The molecule has 0 amide bonds. The Balaban J connectivity index is 0.000000213. The molecule has 0 atom stereocenters. The first-order valence-corrected chi connectivity index (χ1v) is 13.5. The van der Waals surface area contributed by atoms with E-state index >= 15 is 0 Å². The summed E-state index contributed by atoms with van der Waals surface area (Å²) in [4.78, 5) is 13.6. The molecule has 211 valence electrons. The maximum atomic E-state index is 14.8. The number of fused-ring (bicyclic) bond motifs is 4. The van der Waals surface area contributed by atoms with Crippen LogP contribution in [0.5, 0.6) is 0 Å². The molecule has 0 bridgehead atoms. The maximum absolute atomic E-state index is 14.8. The van der Waals surface area contributed by atoms with Crippen LogP contribution in [0.25, 0.3) is 61.4 Å². The molecule has 4 heterocycles. The Morgan fingerprint density at radius 3 is 2.37 bits per heavy atom. The summed E-state index contributed by atoms with van der Waals surface area (Å²) in [6.45, 7) is 1.93. The molecule has 4 aromatic heterocycles. The van der Waals surface area contributed by atoms with Crippen molar-refractivity contribution in [3.63, 3.8) is 0 Å². The average molecular weight is 739 g/mol. The quantitative estimate of drug-likeness (QED) is 0.170. The fourth-order valence-electron chi connectivity index (χ4n) is 5.04. The third-order valence-corrected chi connectivity index (χ3v) is 6.95. The first kappa shape index (κ1) is 28.2. The van der Waals surface area contributed by atoms with Gasteiger partial charge in [0.25, 0.3) is 0 Å². The van der Waals surface area contributed by atoms with Gasteiger partial charge in [0.2, 0.25) is 0 Å². The molecule has 0 fully saturated rings. The number of halogens is 1. The second kappa shape index (κ2) is 12.1. The van der Waals surface area contributed by atoms with Crippen molar-refractivity contribution in [2.24, 2.45) is 0 Å². The van der Waals surface area contributed by atoms with Gasteiger partial charge >= 0.3 is 0 Å². The first-order valence-electron chi connectivity index (χ1n) is 13.5. The smallest absolute Gasteiger partial charge is 0.168 e. The molecule has 0 aliphatic carbocycles. The summed E-state index contributed by atoms with van der Waals surface area (Å²) in [6.07, 6.45) is 1.79. The fourth-order valence-corrected chi connectivity index (χ4v) is 5.04. The molecular formula is C36H23FIrN4O-2. The predicted molar refractivity (Wildman–Crippen MR) is 164 cm³/mol. The number of furan rings is 1. The molecule has 0 N–H and O–H groups in total. The number of nitrogens with zero attached hydrogens (tertiary/aromatic N) is 4. The summed E-state index contributed by atoms with van der Waals surface area (Å²) in [5, 5.41) is 1.17. The number of para-hydroxylation sites is 2. The molecule has 7 heteroatoms.